The zero-order valence-corrected chi connectivity index (χ0v) is 13.0. The smallest absolute Gasteiger partial charge is 0.252 e. The molecule has 0 fully saturated rings. The molecular formula is C12H15Br2NO3. The molecule has 1 aromatic carbocycles. The first-order chi connectivity index (χ1) is 8.65. The third-order valence-corrected chi connectivity index (χ3v) is 3.34. The van der Waals surface area contributed by atoms with Gasteiger partial charge in [0.2, 0.25) is 0 Å². The SMILES string of the molecule is O=C(NCCCOCCO)c1cc(Br)ccc1Br. The Kier molecular flexibility index (Phi) is 7.50. The summed E-state index contributed by atoms with van der Waals surface area (Å²) in [6.45, 7) is 1.44. The Morgan fingerprint density at radius 3 is 2.83 bits per heavy atom. The second-order valence-electron chi connectivity index (χ2n) is 3.57. The molecule has 18 heavy (non-hydrogen) atoms. The van der Waals surface area contributed by atoms with E-state index in [1.54, 1.807) is 6.07 Å². The number of hydrogen-bond donors (Lipinski definition) is 2. The number of aliphatic hydroxyl groups is 1. The maximum Gasteiger partial charge on any atom is 0.252 e. The lowest BCUT2D eigenvalue weighted by Gasteiger charge is -2.07. The lowest BCUT2D eigenvalue weighted by Crippen LogP contribution is -2.25. The number of halogens is 2. The van der Waals surface area contributed by atoms with E-state index in [0.717, 1.165) is 15.4 Å². The minimum absolute atomic E-state index is 0.0251. The molecule has 1 aromatic rings. The molecule has 4 nitrogen and oxygen atoms in total. The molecule has 0 aliphatic rings. The molecule has 0 saturated carbocycles. The van der Waals surface area contributed by atoms with Crippen molar-refractivity contribution in [3.63, 3.8) is 0 Å². The first kappa shape index (κ1) is 15.6. The maximum absolute atomic E-state index is 11.9. The van der Waals surface area contributed by atoms with Crippen LogP contribution in [-0.2, 0) is 4.74 Å². The van der Waals surface area contributed by atoms with Crippen molar-refractivity contribution >= 4 is 37.8 Å². The molecule has 0 aliphatic carbocycles. The van der Waals surface area contributed by atoms with Crippen LogP contribution in [0.3, 0.4) is 0 Å². The highest BCUT2D eigenvalue weighted by Gasteiger charge is 2.09. The molecule has 0 bridgehead atoms. The fraction of sp³-hybridized carbons (Fsp3) is 0.417. The first-order valence-corrected chi connectivity index (χ1v) is 7.15. The standard InChI is InChI=1S/C12H15Br2NO3/c13-9-2-3-11(14)10(8-9)12(17)15-4-1-6-18-7-5-16/h2-3,8,16H,1,4-7H2,(H,15,17). The minimum Gasteiger partial charge on any atom is -0.394 e. The number of benzene rings is 1. The third kappa shape index (κ3) is 5.48. The molecule has 0 saturated heterocycles. The van der Waals surface area contributed by atoms with Gasteiger partial charge < -0.3 is 15.2 Å². The van der Waals surface area contributed by atoms with Crippen molar-refractivity contribution in [2.75, 3.05) is 26.4 Å². The fourth-order valence-electron chi connectivity index (χ4n) is 1.31. The van der Waals surface area contributed by atoms with Crippen molar-refractivity contribution in [1.29, 1.82) is 0 Å². The average molecular weight is 381 g/mol. The van der Waals surface area contributed by atoms with E-state index in [2.05, 4.69) is 37.2 Å². The van der Waals surface area contributed by atoms with Crippen LogP contribution < -0.4 is 5.32 Å². The Morgan fingerprint density at radius 1 is 1.33 bits per heavy atom. The van der Waals surface area contributed by atoms with Gasteiger partial charge in [-0.05, 0) is 40.5 Å². The molecule has 0 atom stereocenters. The predicted molar refractivity (Wildman–Crippen MR) is 76.7 cm³/mol. The summed E-state index contributed by atoms with van der Waals surface area (Å²) >= 11 is 6.67. The molecule has 100 valence electrons. The number of nitrogens with one attached hydrogen (secondary N) is 1. The van der Waals surface area contributed by atoms with Crippen molar-refractivity contribution in [1.82, 2.24) is 5.32 Å². The van der Waals surface area contributed by atoms with E-state index in [1.807, 2.05) is 12.1 Å². The molecule has 0 spiro atoms. The maximum atomic E-state index is 11.9. The van der Waals surface area contributed by atoms with Crippen molar-refractivity contribution < 1.29 is 14.6 Å². The van der Waals surface area contributed by atoms with Crippen LogP contribution in [0.5, 0.6) is 0 Å². The quantitative estimate of drug-likeness (QED) is 0.714. The summed E-state index contributed by atoms with van der Waals surface area (Å²) in [5, 5.41) is 11.3. The summed E-state index contributed by atoms with van der Waals surface area (Å²) in [6.07, 6.45) is 0.720. The van der Waals surface area contributed by atoms with E-state index in [0.29, 0.717) is 25.3 Å². The van der Waals surface area contributed by atoms with Crippen LogP contribution in [0.1, 0.15) is 16.8 Å². The summed E-state index contributed by atoms with van der Waals surface area (Å²) in [5.41, 5.74) is 0.598. The van der Waals surface area contributed by atoms with Gasteiger partial charge in [-0.1, -0.05) is 15.9 Å². The predicted octanol–water partition coefficient (Wildman–Crippen LogP) is 2.34. The van der Waals surface area contributed by atoms with E-state index >= 15 is 0 Å². The number of aliphatic hydroxyl groups excluding tert-OH is 1. The van der Waals surface area contributed by atoms with E-state index in [4.69, 9.17) is 9.84 Å². The molecule has 0 aromatic heterocycles. The van der Waals surface area contributed by atoms with Crippen LogP contribution in [0.2, 0.25) is 0 Å². The van der Waals surface area contributed by atoms with Crippen LogP contribution >= 0.6 is 31.9 Å². The summed E-state index contributed by atoms with van der Waals surface area (Å²) < 4.78 is 6.72. The Balaban J connectivity index is 2.34. The summed E-state index contributed by atoms with van der Waals surface area (Å²) in [5.74, 6) is -0.120. The van der Waals surface area contributed by atoms with Crippen molar-refractivity contribution in [2.45, 2.75) is 6.42 Å². The van der Waals surface area contributed by atoms with Gasteiger partial charge in [-0.2, -0.15) is 0 Å². The Labute approximate surface area is 123 Å². The molecule has 0 unspecified atom stereocenters. The van der Waals surface area contributed by atoms with E-state index < -0.39 is 0 Å². The molecule has 1 rings (SSSR count). The van der Waals surface area contributed by atoms with Crippen molar-refractivity contribution in [2.24, 2.45) is 0 Å². The molecule has 0 heterocycles. The number of carbonyl (C=O) groups excluding carboxylic acids is 1. The lowest BCUT2D eigenvalue weighted by molar-refractivity contribution is 0.0867. The van der Waals surface area contributed by atoms with Gasteiger partial charge in [0.25, 0.3) is 5.91 Å². The monoisotopic (exact) mass is 379 g/mol. The van der Waals surface area contributed by atoms with Gasteiger partial charge in [-0.15, -0.1) is 0 Å². The summed E-state index contributed by atoms with van der Waals surface area (Å²) in [4.78, 5) is 11.9. The third-order valence-electron chi connectivity index (χ3n) is 2.16. The highest BCUT2D eigenvalue weighted by atomic mass is 79.9. The van der Waals surface area contributed by atoms with Gasteiger partial charge in [0.1, 0.15) is 0 Å². The van der Waals surface area contributed by atoms with Gasteiger partial charge in [0.15, 0.2) is 0 Å². The number of rotatable bonds is 7. The highest BCUT2D eigenvalue weighted by molar-refractivity contribution is 9.11. The van der Waals surface area contributed by atoms with Crippen LogP contribution in [0, 0.1) is 0 Å². The van der Waals surface area contributed by atoms with Crippen molar-refractivity contribution in [3.05, 3.63) is 32.7 Å². The second-order valence-corrected chi connectivity index (χ2v) is 5.34. The number of ether oxygens (including phenoxy) is 1. The second kappa shape index (κ2) is 8.63. The average Bonchev–Trinajstić information content (AvgIpc) is 2.36. The Bertz CT molecular complexity index is 399. The van der Waals surface area contributed by atoms with E-state index in [-0.39, 0.29) is 12.5 Å². The molecule has 2 N–H and O–H groups in total. The first-order valence-electron chi connectivity index (χ1n) is 5.57. The largest absolute Gasteiger partial charge is 0.394 e. The number of amides is 1. The number of carbonyl (C=O) groups is 1. The topological polar surface area (TPSA) is 58.6 Å². The zero-order chi connectivity index (χ0) is 13.4. The van der Waals surface area contributed by atoms with Gasteiger partial charge in [0.05, 0.1) is 18.8 Å². The summed E-state index contributed by atoms with van der Waals surface area (Å²) in [7, 11) is 0. The fourth-order valence-corrected chi connectivity index (χ4v) is 2.10. The molecular weight excluding hydrogens is 366 g/mol. The molecule has 6 heteroatoms. The van der Waals surface area contributed by atoms with Crippen LogP contribution in [0.25, 0.3) is 0 Å². The Morgan fingerprint density at radius 2 is 2.11 bits per heavy atom. The van der Waals surface area contributed by atoms with Gasteiger partial charge >= 0.3 is 0 Å². The minimum atomic E-state index is -0.120. The molecule has 0 radical (unpaired) electrons. The normalized spacial score (nSPS) is 10.4. The number of hydrogen-bond acceptors (Lipinski definition) is 3. The van der Waals surface area contributed by atoms with Gasteiger partial charge in [-0.3, -0.25) is 4.79 Å². The van der Waals surface area contributed by atoms with Crippen LogP contribution in [-0.4, -0.2) is 37.4 Å². The van der Waals surface area contributed by atoms with E-state index in [1.165, 1.54) is 0 Å². The molecule has 1 amide bonds. The molecule has 0 aliphatic heterocycles. The van der Waals surface area contributed by atoms with Crippen molar-refractivity contribution in [3.8, 4) is 0 Å². The van der Waals surface area contributed by atoms with Crippen LogP contribution in [0.15, 0.2) is 27.1 Å². The highest BCUT2D eigenvalue weighted by Crippen LogP contribution is 2.21. The van der Waals surface area contributed by atoms with E-state index in [9.17, 15) is 4.79 Å². The Hall–Kier alpha value is -0.430. The zero-order valence-electron chi connectivity index (χ0n) is 9.79. The summed E-state index contributed by atoms with van der Waals surface area (Å²) in [6, 6.07) is 5.45. The van der Waals surface area contributed by atoms with Gasteiger partial charge in [-0.25, -0.2) is 0 Å². The van der Waals surface area contributed by atoms with Gasteiger partial charge in [0, 0.05) is 22.1 Å². The van der Waals surface area contributed by atoms with Crippen LogP contribution in [0.4, 0.5) is 0 Å². The lowest BCUT2D eigenvalue weighted by atomic mass is 10.2.